The van der Waals surface area contributed by atoms with E-state index in [4.69, 9.17) is 5.73 Å². The molecular formula is C15H26IN5O2S. The fraction of sp³-hybridized carbons (Fsp3) is 0.533. The van der Waals surface area contributed by atoms with E-state index in [9.17, 15) is 8.42 Å². The Bertz CT molecular complexity index is 637. The average molecular weight is 467 g/mol. The standard InChI is InChI=1S/C15H25N5O2S.HI/c1-19(2)23(21,22)20-11-7-6-10-14(20)12-17-15(16)18-13-8-4-3-5-9-13;/h3-5,8-9,14H,6-7,10-12H2,1-2H3,(H3,16,17,18);1H. The Morgan fingerprint density at radius 1 is 1.33 bits per heavy atom. The first kappa shape index (κ1) is 21.1. The summed E-state index contributed by atoms with van der Waals surface area (Å²) in [7, 11) is -0.317. The van der Waals surface area contributed by atoms with E-state index in [1.54, 1.807) is 14.1 Å². The van der Waals surface area contributed by atoms with Crippen LogP contribution in [0.25, 0.3) is 0 Å². The lowest BCUT2D eigenvalue weighted by Gasteiger charge is -2.35. The molecule has 0 saturated carbocycles. The predicted octanol–water partition coefficient (Wildman–Crippen LogP) is 1.69. The maximum atomic E-state index is 12.4. The second-order valence-electron chi connectivity index (χ2n) is 5.77. The zero-order chi connectivity index (χ0) is 16.9. The van der Waals surface area contributed by atoms with Gasteiger partial charge in [0.1, 0.15) is 0 Å². The lowest BCUT2D eigenvalue weighted by atomic mass is 10.1. The van der Waals surface area contributed by atoms with Crippen LogP contribution in [0.4, 0.5) is 5.69 Å². The number of hydrogen-bond donors (Lipinski definition) is 2. The van der Waals surface area contributed by atoms with Crippen molar-refractivity contribution in [3.8, 4) is 0 Å². The quantitative estimate of drug-likeness (QED) is 0.392. The van der Waals surface area contributed by atoms with E-state index in [0.717, 1.165) is 24.9 Å². The van der Waals surface area contributed by atoms with Gasteiger partial charge in [0.2, 0.25) is 0 Å². The molecule has 1 aliphatic rings. The van der Waals surface area contributed by atoms with Crippen molar-refractivity contribution < 1.29 is 8.42 Å². The molecular weight excluding hydrogens is 441 g/mol. The highest BCUT2D eigenvalue weighted by Crippen LogP contribution is 2.21. The highest BCUT2D eigenvalue weighted by Gasteiger charge is 2.33. The van der Waals surface area contributed by atoms with Gasteiger partial charge in [-0.1, -0.05) is 24.6 Å². The number of halogens is 1. The number of aliphatic imine (C=N–C) groups is 1. The lowest BCUT2D eigenvalue weighted by molar-refractivity contribution is 0.245. The summed E-state index contributed by atoms with van der Waals surface area (Å²) in [5.41, 5.74) is 6.75. The van der Waals surface area contributed by atoms with Crippen molar-refractivity contribution in [3.05, 3.63) is 30.3 Å². The van der Waals surface area contributed by atoms with Gasteiger partial charge in [0.05, 0.1) is 6.54 Å². The molecule has 0 aromatic heterocycles. The van der Waals surface area contributed by atoms with Crippen LogP contribution in [-0.2, 0) is 10.2 Å². The van der Waals surface area contributed by atoms with Gasteiger partial charge >= 0.3 is 0 Å². The molecule has 24 heavy (non-hydrogen) atoms. The molecule has 2 rings (SSSR count). The van der Waals surface area contributed by atoms with Crippen molar-refractivity contribution >= 4 is 45.8 Å². The number of piperidine rings is 1. The largest absolute Gasteiger partial charge is 0.370 e. The van der Waals surface area contributed by atoms with E-state index in [2.05, 4.69) is 10.3 Å². The number of nitrogens with zero attached hydrogens (tertiary/aromatic N) is 3. The molecule has 1 heterocycles. The van der Waals surface area contributed by atoms with Crippen molar-refractivity contribution in [3.63, 3.8) is 0 Å². The number of anilines is 1. The van der Waals surface area contributed by atoms with Gasteiger partial charge in [-0.05, 0) is 25.0 Å². The summed E-state index contributed by atoms with van der Waals surface area (Å²) in [6, 6.07) is 9.37. The van der Waals surface area contributed by atoms with Crippen LogP contribution in [0.2, 0.25) is 0 Å². The van der Waals surface area contributed by atoms with Crippen LogP contribution in [0, 0.1) is 0 Å². The fourth-order valence-corrected chi connectivity index (χ4v) is 3.91. The molecule has 0 radical (unpaired) electrons. The van der Waals surface area contributed by atoms with E-state index in [1.165, 1.54) is 8.61 Å². The molecule has 9 heteroatoms. The molecule has 1 aromatic rings. The number of guanidine groups is 1. The molecule has 1 saturated heterocycles. The van der Waals surface area contributed by atoms with Gasteiger partial charge in [-0.15, -0.1) is 24.0 Å². The summed E-state index contributed by atoms with van der Waals surface area (Å²) in [5.74, 6) is 0.295. The highest BCUT2D eigenvalue weighted by molar-refractivity contribution is 14.0. The van der Waals surface area contributed by atoms with Crippen molar-refractivity contribution in [1.82, 2.24) is 8.61 Å². The van der Waals surface area contributed by atoms with Crippen LogP contribution in [0.3, 0.4) is 0 Å². The molecule has 1 unspecified atom stereocenters. The van der Waals surface area contributed by atoms with Gasteiger partial charge in [-0.2, -0.15) is 17.0 Å². The summed E-state index contributed by atoms with van der Waals surface area (Å²) in [6.07, 6.45) is 2.69. The number of hydrogen-bond acceptors (Lipinski definition) is 3. The molecule has 0 amide bonds. The number of nitrogens with two attached hydrogens (primary N) is 1. The minimum Gasteiger partial charge on any atom is -0.370 e. The zero-order valence-electron chi connectivity index (χ0n) is 14.1. The van der Waals surface area contributed by atoms with Gasteiger partial charge in [0.25, 0.3) is 10.2 Å². The molecule has 0 spiro atoms. The fourth-order valence-electron chi connectivity index (χ4n) is 2.58. The van der Waals surface area contributed by atoms with Crippen LogP contribution in [-0.4, -0.2) is 56.2 Å². The molecule has 0 aliphatic carbocycles. The summed E-state index contributed by atoms with van der Waals surface area (Å²) >= 11 is 0. The molecule has 3 N–H and O–H groups in total. The summed E-state index contributed by atoms with van der Waals surface area (Å²) in [5, 5.41) is 3.01. The highest BCUT2D eigenvalue weighted by atomic mass is 127. The molecule has 7 nitrogen and oxygen atoms in total. The van der Waals surface area contributed by atoms with E-state index in [0.29, 0.717) is 19.0 Å². The second-order valence-corrected chi connectivity index (χ2v) is 7.86. The van der Waals surface area contributed by atoms with Crippen LogP contribution in [0.1, 0.15) is 19.3 Å². The smallest absolute Gasteiger partial charge is 0.281 e. The minimum absolute atomic E-state index is 0. The third-order valence-corrected chi connectivity index (χ3v) is 5.85. The van der Waals surface area contributed by atoms with E-state index in [1.807, 2.05) is 30.3 Å². The number of benzene rings is 1. The van der Waals surface area contributed by atoms with E-state index < -0.39 is 10.2 Å². The van der Waals surface area contributed by atoms with Gasteiger partial charge in [0.15, 0.2) is 5.96 Å². The molecule has 1 fully saturated rings. The van der Waals surface area contributed by atoms with Crippen molar-refractivity contribution in [2.45, 2.75) is 25.3 Å². The maximum absolute atomic E-state index is 12.4. The van der Waals surface area contributed by atoms with Crippen LogP contribution >= 0.6 is 24.0 Å². The van der Waals surface area contributed by atoms with Gasteiger partial charge in [-0.3, -0.25) is 4.99 Å². The molecule has 1 atom stereocenters. The molecule has 0 bridgehead atoms. The van der Waals surface area contributed by atoms with Gasteiger partial charge in [0, 0.05) is 32.4 Å². The van der Waals surface area contributed by atoms with Crippen LogP contribution in [0.15, 0.2) is 35.3 Å². The Morgan fingerprint density at radius 2 is 2.00 bits per heavy atom. The van der Waals surface area contributed by atoms with Crippen LogP contribution < -0.4 is 11.1 Å². The second kappa shape index (κ2) is 9.54. The zero-order valence-corrected chi connectivity index (χ0v) is 17.2. The monoisotopic (exact) mass is 467 g/mol. The Balaban J connectivity index is 0.00000288. The first-order valence-corrected chi connectivity index (χ1v) is 9.12. The van der Waals surface area contributed by atoms with Gasteiger partial charge < -0.3 is 11.1 Å². The summed E-state index contributed by atoms with van der Waals surface area (Å²) in [6.45, 7) is 0.894. The minimum atomic E-state index is -3.42. The lowest BCUT2D eigenvalue weighted by Crippen LogP contribution is -2.50. The van der Waals surface area contributed by atoms with Crippen molar-refractivity contribution in [1.29, 1.82) is 0 Å². The third-order valence-electron chi connectivity index (χ3n) is 3.85. The van der Waals surface area contributed by atoms with E-state index in [-0.39, 0.29) is 30.0 Å². The van der Waals surface area contributed by atoms with E-state index >= 15 is 0 Å². The average Bonchev–Trinajstić information content (AvgIpc) is 2.54. The predicted molar refractivity (Wildman–Crippen MR) is 109 cm³/mol. The normalized spacial score (nSPS) is 19.8. The molecule has 1 aromatic carbocycles. The van der Waals surface area contributed by atoms with Gasteiger partial charge in [-0.25, -0.2) is 0 Å². The third kappa shape index (κ3) is 5.57. The first-order valence-electron chi connectivity index (χ1n) is 7.72. The molecule has 136 valence electrons. The Hall–Kier alpha value is -0.910. The van der Waals surface area contributed by atoms with Crippen LogP contribution in [0.5, 0.6) is 0 Å². The SMILES string of the molecule is CN(C)S(=O)(=O)N1CCCCC1CN=C(N)Nc1ccccc1.I. The van der Waals surface area contributed by atoms with Crippen molar-refractivity contribution in [2.24, 2.45) is 10.7 Å². The number of nitrogens with one attached hydrogen (secondary N) is 1. The Morgan fingerprint density at radius 3 is 2.62 bits per heavy atom. The Kier molecular flexibility index (Phi) is 8.40. The summed E-state index contributed by atoms with van der Waals surface area (Å²) in [4.78, 5) is 4.32. The first-order chi connectivity index (χ1) is 10.9. The Labute approximate surface area is 161 Å². The molecule has 1 aliphatic heterocycles. The van der Waals surface area contributed by atoms with Crippen molar-refractivity contribution in [2.75, 3.05) is 32.5 Å². The number of rotatable bonds is 5. The maximum Gasteiger partial charge on any atom is 0.281 e. The number of para-hydroxylation sites is 1. The topological polar surface area (TPSA) is 91.0 Å². The summed E-state index contributed by atoms with van der Waals surface area (Å²) < 4.78 is 27.6.